The third kappa shape index (κ3) is 4.12. The van der Waals surface area contributed by atoms with Gasteiger partial charge in [0.1, 0.15) is 0 Å². The van der Waals surface area contributed by atoms with E-state index in [2.05, 4.69) is 5.32 Å². The maximum absolute atomic E-state index is 13.5. The summed E-state index contributed by atoms with van der Waals surface area (Å²) in [6.45, 7) is 1.98. The predicted molar refractivity (Wildman–Crippen MR) is 92.0 cm³/mol. The van der Waals surface area contributed by atoms with Crippen LogP contribution in [0.4, 0.5) is 33.3 Å². The molecule has 2 aromatic carbocycles. The van der Waals surface area contributed by atoms with E-state index >= 15 is 0 Å². The Morgan fingerprint density at radius 3 is 2.31 bits per heavy atom. The molecule has 2 aromatic rings. The maximum Gasteiger partial charge on any atom is 0.458 e. The summed E-state index contributed by atoms with van der Waals surface area (Å²) in [6.07, 6.45) is -4.88. The highest BCUT2D eigenvalue weighted by atomic mass is 19.4. The van der Waals surface area contributed by atoms with E-state index in [1.54, 1.807) is 13.1 Å². The molecule has 0 aliphatic rings. The zero-order chi connectivity index (χ0) is 19.5. The highest BCUT2D eigenvalue weighted by molar-refractivity contribution is 6.03. The first-order valence-corrected chi connectivity index (χ1v) is 7.79. The fourth-order valence-electron chi connectivity index (χ4n) is 2.29. The average molecular weight is 371 g/mol. The third-order valence-corrected chi connectivity index (χ3v) is 3.89. The Morgan fingerprint density at radius 2 is 1.69 bits per heavy atom. The normalized spacial score (nSPS) is 12.0. The SMILES string of the molecule is CCc1cccc(N(C)C(=N)Nc2cccc(C(F)(F)C(F)(F)F)c2)c1. The van der Waals surface area contributed by atoms with Crippen LogP contribution in [0.5, 0.6) is 0 Å². The standard InChI is InChI=1S/C18H18F5N3/c1-3-12-6-4-9-15(10-12)26(2)16(24)25-14-8-5-7-13(11-14)17(19,20)18(21,22)23/h4-11H,3H2,1-2H3,(H2,24,25). The number of benzene rings is 2. The van der Waals surface area contributed by atoms with Gasteiger partial charge in [0.25, 0.3) is 0 Å². The number of hydrogen-bond donors (Lipinski definition) is 2. The summed E-state index contributed by atoms with van der Waals surface area (Å²) in [7, 11) is 1.60. The molecule has 0 amide bonds. The number of alkyl halides is 5. The Bertz CT molecular complexity index is 786. The van der Waals surface area contributed by atoms with Gasteiger partial charge in [-0.05, 0) is 36.2 Å². The summed E-state index contributed by atoms with van der Waals surface area (Å²) in [5.74, 6) is -5.13. The van der Waals surface area contributed by atoms with E-state index in [-0.39, 0.29) is 11.6 Å². The van der Waals surface area contributed by atoms with Crippen molar-refractivity contribution in [3.05, 3.63) is 59.7 Å². The van der Waals surface area contributed by atoms with Crippen LogP contribution < -0.4 is 10.2 Å². The number of rotatable bonds is 4. The Morgan fingerprint density at radius 1 is 1.04 bits per heavy atom. The van der Waals surface area contributed by atoms with E-state index in [1.165, 1.54) is 11.0 Å². The second kappa shape index (κ2) is 7.31. The molecular weight excluding hydrogens is 353 g/mol. The van der Waals surface area contributed by atoms with Gasteiger partial charge in [-0.1, -0.05) is 31.2 Å². The minimum atomic E-state index is -5.68. The number of halogens is 5. The molecule has 0 fully saturated rings. The summed E-state index contributed by atoms with van der Waals surface area (Å²) < 4.78 is 64.5. The van der Waals surface area contributed by atoms with Gasteiger partial charge in [-0.2, -0.15) is 22.0 Å². The van der Waals surface area contributed by atoms with Crippen LogP contribution in [0.3, 0.4) is 0 Å². The van der Waals surface area contributed by atoms with Crippen molar-refractivity contribution in [2.45, 2.75) is 25.4 Å². The van der Waals surface area contributed by atoms with Crippen LogP contribution in [0.25, 0.3) is 0 Å². The summed E-state index contributed by atoms with van der Waals surface area (Å²) in [5, 5.41) is 10.6. The number of anilines is 2. The molecule has 0 aliphatic heterocycles. The van der Waals surface area contributed by atoms with Crippen molar-refractivity contribution < 1.29 is 22.0 Å². The monoisotopic (exact) mass is 371 g/mol. The van der Waals surface area contributed by atoms with Crippen molar-refractivity contribution >= 4 is 17.3 Å². The van der Waals surface area contributed by atoms with Gasteiger partial charge in [0.2, 0.25) is 0 Å². The van der Waals surface area contributed by atoms with Gasteiger partial charge in [0.15, 0.2) is 5.96 Å². The average Bonchev–Trinajstić information content (AvgIpc) is 2.60. The van der Waals surface area contributed by atoms with Crippen LogP contribution in [0.15, 0.2) is 48.5 Å². The molecule has 0 aromatic heterocycles. The van der Waals surface area contributed by atoms with Crippen LogP contribution in [-0.2, 0) is 12.3 Å². The Labute approximate surface area is 148 Å². The molecule has 8 heteroatoms. The van der Waals surface area contributed by atoms with Crippen molar-refractivity contribution in [3.63, 3.8) is 0 Å². The van der Waals surface area contributed by atoms with Crippen LogP contribution in [-0.4, -0.2) is 19.2 Å². The molecule has 0 bridgehead atoms. The van der Waals surface area contributed by atoms with Crippen molar-refractivity contribution in [2.24, 2.45) is 0 Å². The van der Waals surface area contributed by atoms with Crippen LogP contribution >= 0.6 is 0 Å². The Balaban J connectivity index is 2.20. The van der Waals surface area contributed by atoms with E-state index in [9.17, 15) is 22.0 Å². The van der Waals surface area contributed by atoms with Crippen LogP contribution in [0, 0.1) is 5.41 Å². The largest absolute Gasteiger partial charge is 0.458 e. The van der Waals surface area contributed by atoms with Crippen LogP contribution in [0.2, 0.25) is 0 Å². The Kier molecular flexibility index (Phi) is 5.53. The van der Waals surface area contributed by atoms with E-state index in [0.29, 0.717) is 17.8 Å². The zero-order valence-electron chi connectivity index (χ0n) is 14.2. The van der Waals surface area contributed by atoms with E-state index < -0.39 is 17.7 Å². The van der Waals surface area contributed by atoms with Crippen molar-refractivity contribution in [1.29, 1.82) is 5.41 Å². The van der Waals surface area contributed by atoms with E-state index in [1.807, 2.05) is 25.1 Å². The smallest absolute Gasteiger partial charge is 0.326 e. The second-order valence-corrected chi connectivity index (χ2v) is 5.71. The first-order valence-electron chi connectivity index (χ1n) is 7.79. The predicted octanol–water partition coefficient (Wildman–Crippen LogP) is 5.39. The molecule has 2 rings (SSSR count). The van der Waals surface area contributed by atoms with Crippen molar-refractivity contribution in [3.8, 4) is 0 Å². The molecule has 0 spiro atoms. The second-order valence-electron chi connectivity index (χ2n) is 5.71. The van der Waals surface area contributed by atoms with Crippen molar-refractivity contribution in [1.82, 2.24) is 0 Å². The maximum atomic E-state index is 13.5. The summed E-state index contributed by atoms with van der Waals surface area (Å²) in [6, 6.07) is 11.2. The highest BCUT2D eigenvalue weighted by Gasteiger charge is 2.58. The summed E-state index contributed by atoms with van der Waals surface area (Å²) in [4.78, 5) is 1.47. The van der Waals surface area contributed by atoms with Gasteiger partial charge in [0.05, 0.1) is 0 Å². The van der Waals surface area contributed by atoms with Gasteiger partial charge in [-0.25, -0.2) is 0 Å². The van der Waals surface area contributed by atoms with Gasteiger partial charge in [-0.15, -0.1) is 0 Å². The molecule has 0 unspecified atom stereocenters. The lowest BCUT2D eigenvalue weighted by atomic mass is 10.1. The lowest BCUT2D eigenvalue weighted by molar-refractivity contribution is -0.289. The quantitative estimate of drug-likeness (QED) is 0.430. The number of hydrogen-bond acceptors (Lipinski definition) is 1. The molecule has 0 radical (unpaired) electrons. The minimum absolute atomic E-state index is 0.0325. The number of nitrogens with zero attached hydrogens (tertiary/aromatic N) is 1. The molecule has 0 aliphatic carbocycles. The lowest BCUT2D eigenvalue weighted by Gasteiger charge is -2.23. The molecule has 0 saturated heterocycles. The first-order chi connectivity index (χ1) is 12.1. The molecule has 0 saturated carbocycles. The van der Waals surface area contributed by atoms with Crippen LogP contribution in [0.1, 0.15) is 18.1 Å². The van der Waals surface area contributed by atoms with Gasteiger partial charge >= 0.3 is 12.1 Å². The lowest BCUT2D eigenvalue weighted by Crippen LogP contribution is -2.34. The third-order valence-electron chi connectivity index (χ3n) is 3.89. The fraction of sp³-hybridized carbons (Fsp3) is 0.278. The molecule has 0 atom stereocenters. The minimum Gasteiger partial charge on any atom is -0.326 e. The van der Waals surface area contributed by atoms with Gasteiger partial charge in [-0.3, -0.25) is 5.41 Å². The summed E-state index contributed by atoms with van der Waals surface area (Å²) >= 11 is 0. The molecule has 26 heavy (non-hydrogen) atoms. The van der Waals surface area contributed by atoms with E-state index in [0.717, 1.165) is 18.1 Å². The molecule has 2 N–H and O–H groups in total. The number of aryl methyl sites for hydroxylation is 1. The zero-order valence-corrected chi connectivity index (χ0v) is 14.2. The molecule has 3 nitrogen and oxygen atoms in total. The summed E-state index contributed by atoms with van der Waals surface area (Å²) in [5.41, 5.74) is 0.529. The highest BCUT2D eigenvalue weighted by Crippen LogP contribution is 2.44. The molecule has 0 heterocycles. The fourth-order valence-corrected chi connectivity index (χ4v) is 2.29. The number of nitrogens with one attached hydrogen (secondary N) is 2. The van der Waals surface area contributed by atoms with Gasteiger partial charge in [0, 0.05) is 24.0 Å². The first kappa shape index (κ1) is 19.7. The van der Waals surface area contributed by atoms with E-state index in [4.69, 9.17) is 5.41 Å². The van der Waals surface area contributed by atoms with Gasteiger partial charge < -0.3 is 10.2 Å². The topological polar surface area (TPSA) is 39.1 Å². The van der Waals surface area contributed by atoms with Crippen molar-refractivity contribution in [2.75, 3.05) is 17.3 Å². The Hall–Kier alpha value is -2.64. The molecular formula is C18H18F5N3. The molecule has 140 valence electrons. The number of guanidine groups is 1.